The van der Waals surface area contributed by atoms with E-state index in [9.17, 15) is 14.7 Å². The molecule has 0 saturated heterocycles. The Bertz CT molecular complexity index is 746. The maximum Gasteiger partial charge on any atom is 0.315 e. The predicted octanol–water partition coefficient (Wildman–Crippen LogP) is 3.81. The highest BCUT2D eigenvalue weighted by Gasteiger charge is 2.39. The summed E-state index contributed by atoms with van der Waals surface area (Å²) in [6.07, 6.45) is 0.355. The summed E-state index contributed by atoms with van der Waals surface area (Å²) in [7, 11) is 0. The zero-order chi connectivity index (χ0) is 17.7. The number of amides is 1. The van der Waals surface area contributed by atoms with E-state index in [2.05, 4.69) is 5.32 Å². The van der Waals surface area contributed by atoms with Gasteiger partial charge in [0.1, 0.15) is 5.41 Å². The second-order valence-corrected chi connectivity index (χ2v) is 6.10. The molecule has 0 fully saturated rings. The highest BCUT2D eigenvalue weighted by Crippen LogP contribution is 2.28. The molecule has 0 radical (unpaired) electrons. The number of aliphatic carboxylic acids is 1. The lowest BCUT2D eigenvalue weighted by Crippen LogP contribution is -2.46. The minimum absolute atomic E-state index is 0.00799. The number of carboxylic acid groups (broad SMARTS) is 1. The van der Waals surface area contributed by atoms with Crippen molar-refractivity contribution in [3.63, 3.8) is 0 Å². The summed E-state index contributed by atoms with van der Waals surface area (Å²) in [5.41, 5.74) is 0.635. The number of hydrogen-bond acceptors (Lipinski definition) is 2. The molecule has 0 aliphatic heterocycles. The quantitative estimate of drug-likeness (QED) is 0.836. The molecule has 24 heavy (non-hydrogen) atoms. The lowest BCUT2D eigenvalue weighted by molar-refractivity contribution is -0.143. The number of carbonyl (C=O) groups is 2. The summed E-state index contributed by atoms with van der Waals surface area (Å²) in [5.74, 6) is -1.34. The molecule has 2 aromatic carbocycles. The Kier molecular flexibility index (Phi) is 5.62. The number of nitrogens with one attached hydrogen (secondary N) is 1. The van der Waals surface area contributed by atoms with Gasteiger partial charge >= 0.3 is 5.97 Å². The second kappa shape index (κ2) is 7.49. The Morgan fingerprint density at radius 2 is 1.79 bits per heavy atom. The molecule has 2 rings (SSSR count). The molecular weight excluding hydrogens is 326 g/mol. The van der Waals surface area contributed by atoms with Crippen molar-refractivity contribution in [2.45, 2.75) is 25.7 Å². The molecule has 126 valence electrons. The molecule has 4 nitrogen and oxygen atoms in total. The van der Waals surface area contributed by atoms with Gasteiger partial charge < -0.3 is 10.4 Å². The number of aryl methyl sites for hydroxylation is 1. The molecule has 0 saturated carbocycles. The number of benzene rings is 2. The predicted molar refractivity (Wildman–Crippen MR) is 94.6 cm³/mol. The van der Waals surface area contributed by atoms with E-state index in [1.54, 1.807) is 43.3 Å². The summed E-state index contributed by atoms with van der Waals surface area (Å²) < 4.78 is 0. The first-order valence-electron chi connectivity index (χ1n) is 7.74. The normalized spacial score (nSPS) is 13.1. The van der Waals surface area contributed by atoms with E-state index >= 15 is 0 Å². The number of rotatable bonds is 6. The Morgan fingerprint density at radius 1 is 1.12 bits per heavy atom. The molecule has 0 spiro atoms. The van der Waals surface area contributed by atoms with E-state index < -0.39 is 11.4 Å². The van der Waals surface area contributed by atoms with Crippen molar-refractivity contribution in [2.24, 2.45) is 0 Å². The van der Waals surface area contributed by atoms with Gasteiger partial charge in [0.15, 0.2) is 0 Å². The lowest BCUT2D eigenvalue weighted by atomic mass is 9.78. The molecule has 1 amide bonds. The molecule has 2 N–H and O–H groups in total. The monoisotopic (exact) mass is 345 g/mol. The average Bonchev–Trinajstić information content (AvgIpc) is 2.58. The van der Waals surface area contributed by atoms with Crippen LogP contribution in [0.2, 0.25) is 5.02 Å². The van der Waals surface area contributed by atoms with Gasteiger partial charge in [-0.05, 0) is 30.5 Å². The van der Waals surface area contributed by atoms with Crippen LogP contribution in [0.3, 0.4) is 0 Å². The molecular formula is C19H20ClNO3. The first-order valence-corrected chi connectivity index (χ1v) is 8.12. The van der Waals surface area contributed by atoms with Crippen molar-refractivity contribution in [2.75, 3.05) is 6.54 Å². The zero-order valence-electron chi connectivity index (χ0n) is 13.7. The third-order valence-electron chi connectivity index (χ3n) is 4.33. The number of carbonyl (C=O) groups excluding carboxylic acids is 1. The maximum absolute atomic E-state index is 12.4. The van der Waals surface area contributed by atoms with Crippen LogP contribution in [0.25, 0.3) is 0 Å². The van der Waals surface area contributed by atoms with Crippen LogP contribution >= 0.6 is 11.6 Å². The molecule has 0 heterocycles. The molecule has 0 aromatic heterocycles. The van der Waals surface area contributed by atoms with Gasteiger partial charge in [-0.1, -0.05) is 61.0 Å². The standard InChI is InChI=1S/C19H20ClNO3/c1-3-19(18(23)24,14-9-5-4-6-10-14)12-21-17(22)15-11-7-8-13(2)16(15)20/h4-11H,3,12H2,1-2H3,(H,21,22)(H,23,24). The van der Waals surface area contributed by atoms with Gasteiger partial charge in [0.25, 0.3) is 5.91 Å². The fourth-order valence-corrected chi connectivity index (χ4v) is 2.90. The first kappa shape index (κ1) is 18.0. The topological polar surface area (TPSA) is 66.4 Å². The van der Waals surface area contributed by atoms with Gasteiger partial charge in [-0.2, -0.15) is 0 Å². The largest absolute Gasteiger partial charge is 0.481 e. The van der Waals surface area contributed by atoms with Crippen LogP contribution in [0.5, 0.6) is 0 Å². The van der Waals surface area contributed by atoms with E-state index in [1.807, 2.05) is 19.1 Å². The van der Waals surface area contributed by atoms with Crippen LogP contribution in [-0.2, 0) is 10.2 Å². The highest BCUT2D eigenvalue weighted by atomic mass is 35.5. The maximum atomic E-state index is 12.4. The molecule has 5 heteroatoms. The number of halogens is 1. The van der Waals surface area contributed by atoms with Gasteiger partial charge in [0.05, 0.1) is 10.6 Å². The van der Waals surface area contributed by atoms with Gasteiger partial charge in [0.2, 0.25) is 0 Å². The van der Waals surface area contributed by atoms with E-state index in [0.717, 1.165) is 5.56 Å². The van der Waals surface area contributed by atoms with Crippen molar-refractivity contribution < 1.29 is 14.7 Å². The van der Waals surface area contributed by atoms with Crippen molar-refractivity contribution >= 4 is 23.5 Å². The molecule has 1 atom stereocenters. The first-order chi connectivity index (χ1) is 11.4. The van der Waals surface area contributed by atoms with Crippen LogP contribution < -0.4 is 5.32 Å². The van der Waals surface area contributed by atoms with Crippen molar-refractivity contribution in [1.29, 1.82) is 0 Å². The van der Waals surface area contributed by atoms with Crippen LogP contribution in [0.1, 0.15) is 34.8 Å². The van der Waals surface area contributed by atoms with Crippen molar-refractivity contribution in [1.82, 2.24) is 5.32 Å². The minimum atomic E-state index is -1.17. The van der Waals surface area contributed by atoms with Crippen molar-refractivity contribution in [3.05, 3.63) is 70.2 Å². The van der Waals surface area contributed by atoms with Gasteiger partial charge in [0, 0.05) is 6.54 Å². The molecule has 0 aliphatic rings. The lowest BCUT2D eigenvalue weighted by Gasteiger charge is -2.29. The van der Waals surface area contributed by atoms with E-state index in [-0.39, 0.29) is 12.5 Å². The molecule has 0 aliphatic carbocycles. The summed E-state index contributed by atoms with van der Waals surface area (Å²) in [6.45, 7) is 3.61. The highest BCUT2D eigenvalue weighted by molar-refractivity contribution is 6.34. The minimum Gasteiger partial charge on any atom is -0.481 e. The summed E-state index contributed by atoms with van der Waals surface area (Å²) >= 11 is 6.17. The van der Waals surface area contributed by atoms with Crippen molar-refractivity contribution in [3.8, 4) is 0 Å². The zero-order valence-corrected chi connectivity index (χ0v) is 14.4. The smallest absolute Gasteiger partial charge is 0.315 e. The molecule has 0 bridgehead atoms. The molecule has 1 unspecified atom stereocenters. The van der Waals surface area contributed by atoms with Crippen LogP contribution in [0.15, 0.2) is 48.5 Å². The fourth-order valence-electron chi connectivity index (χ4n) is 2.69. The Balaban J connectivity index is 2.27. The van der Waals surface area contributed by atoms with Crippen LogP contribution in [0, 0.1) is 6.92 Å². The summed E-state index contributed by atoms with van der Waals surface area (Å²) in [4.78, 5) is 24.4. The summed E-state index contributed by atoms with van der Waals surface area (Å²) in [5, 5.41) is 12.9. The second-order valence-electron chi connectivity index (χ2n) is 5.73. The van der Waals surface area contributed by atoms with E-state index in [0.29, 0.717) is 22.6 Å². The van der Waals surface area contributed by atoms with E-state index in [4.69, 9.17) is 11.6 Å². The Hall–Kier alpha value is -2.33. The van der Waals surface area contributed by atoms with Crippen LogP contribution in [0.4, 0.5) is 0 Å². The number of hydrogen-bond donors (Lipinski definition) is 2. The summed E-state index contributed by atoms with van der Waals surface area (Å²) in [6, 6.07) is 14.1. The Labute approximate surface area is 146 Å². The molecule has 2 aromatic rings. The van der Waals surface area contributed by atoms with Gasteiger partial charge in [-0.15, -0.1) is 0 Å². The van der Waals surface area contributed by atoms with Gasteiger partial charge in [-0.25, -0.2) is 0 Å². The third kappa shape index (κ3) is 3.44. The number of carboxylic acids is 1. The fraction of sp³-hybridized carbons (Fsp3) is 0.263. The third-order valence-corrected chi connectivity index (χ3v) is 4.83. The van der Waals surface area contributed by atoms with E-state index in [1.165, 1.54) is 0 Å². The van der Waals surface area contributed by atoms with Gasteiger partial charge in [-0.3, -0.25) is 9.59 Å². The van der Waals surface area contributed by atoms with Crippen LogP contribution in [-0.4, -0.2) is 23.5 Å². The Morgan fingerprint density at radius 3 is 2.38 bits per heavy atom. The SMILES string of the molecule is CCC(CNC(=O)c1cccc(C)c1Cl)(C(=O)O)c1ccccc1. The average molecular weight is 346 g/mol.